The highest BCUT2D eigenvalue weighted by atomic mass is 35.5. The summed E-state index contributed by atoms with van der Waals surface area (Å²) in [6.45, 7) is 0.903. The van der Waals surface area contributed by atoms with Crippen molar-refractivity contribution in [2.24, 2.45) is 0 Å². The Labute approximate surface area is 188 Å². The molecule has 3 heterocycles. The number of rotatable bonds is 7. The van der Waals surface area contributed by atoms with E-state index < -0.39 is 18.1 Å². The molecule has 168 valence electrons. The highest BCUT2D eigenvalue weighted by Gasteiger charge is 2.44. The number of nitrogens with zero attached hydrogens (tertiary/aromatic N) is 3. The smallest absolute Gasteiger partial charge is 0.410 e. The number of esters is 1. The molecule has 12 heteroatoms. The SMILES string of the molecule is COC(=O)[C@@H]1COC(=O)N1C1CCN(C(=O)CSCC(=O)Nc2ccc(Cl)cn2)CC1. The zero-order chi connectivity index (χ0) is 22.4. The van der Waals surface area contributed by atoms with Crippen molar-refractivity contribution in [2.75, 3.05) is 43.6 Å². The maximum absolute atomic E-state index is 12.5. The monoisotopic (exact) mass is 470 g/mol. The number of hydrogen-bond acceptors (Lipinski definition) is 8. The lowest BCUT2D eigenvalue weighted by atomic mass is 10.0. The van der Waals surface area contributed by atoms with Gasteiger partial charge < -0.3 is 19.7 Å². The molecule has 0 bridgehead atoms. The molecule has 0 aromatic carbocycles. The molecular weight excluding hydrogens is 448 g/mol. The summed E-state index contributed by atoms with van der Waals surface area (Å²) in [5.41, 5.74) is 0. The Hall–Kier alpha value is -2.53. The highest BCUT2D eigenvalue weighted by Crippen LogP contribution is 2.25. The van der Waals surface area contributed by atoms with Crippen LogP contribution in [0.15, 0.2) is 18.3 Å². The Kier molecular flexibility index (Phi) is 7.97. The number of methoxy groups -OCH3 is 1. The number of anilines is 1. The van der Waals surface area contributed by atoms with E-state index in [4.69, 9.17) is 21.1 Å². The topological polar surface area (TPSA) is 118 Å². The number of hydrogen-bond donors (Lipinski definition) is 1. The Bertz CT molecular complexity index is 831. The summed E-state index contributed by atoms with van der Waals surface area (Å²) in [7, 11) is 1.27. The molecule has 2 aliphatic rings. The summed E-state index contributed by atoms with van der Waals surface area (Å²) in [6.07, 6.45) is 1.99. The minimum Gasteiger partial charge on any atom is -0.467 e. The lowest BCUT2D eigenvalue weighted by molar-refractivity contribution is -0.146. The molecular formula is C19H23ClN4O6S. The van der Waals surface area contributed by atoms with Crippen molar-refractivity contribution >= 4 is 53.1 Å². The number of amides is 3. The fraction of sp³-hybridized carbons (Fsp3) is 0.526. The number of nitrogens with one attached hydrogen (secondary N) is 1. The standard InChI is InChI=1S/C19H23ClN4O6S/c1-29-18(27)14-9-30-19(28)24(14)13-4-6-23(7-5-13)17(26)11-31-10-16(25)22-15-3-2-12(20)8-21-15/h2-3,8,13-14H,4-7,9-11H2,1H3,(H,21,22,25)/t14-/m0/s1. The number of likely N-dealkylation sites (tertiary alicyclic amines) is 1. The van der Waals surface area contributed by atoms with Gasteiger partial charge in [-0.2, -0.15) is 0 Å². The molecule has 10 nitrogen and oxygen atoms in total. The van der Waals surface area contributed by atoms with Gasteiger partial charge in [0.2, 0.25) is 11.8 Å². The summed E-state index contributed by atoms with van der Waals surface area (Å²) in [6, 6.07) is 2.29. The Morgan fingerprint density at radius 3 is 2.68 bits per heavy atom. The second-order valence-corrected chi connectivity index (χ2v) is 8.46. The number of cyclic esters (lactones) is 1. The molecule has 2 fully saturated rings. The molecule has 0 saturated carbocycles. The van der Waals surface area contributed by atoms with Gasteiger partial charge >= 0.3 is 12.1 Å². The number of ether oxygens (including phenoxy) is 2. The third-order valence-electron chi connectivity index (χ3n) is 5.05. The summed E-state index contributed by atoms with van der Waals surface area (Å²) >= 11 is 6.97. The molecule has 0 aliphatic carbocycles. The molecule has 1 N–H and O–H groups in total. The third kappa shape index (κ3) is 6.01. The fourth-order valence-electron chi connectivity index (χ4n) is 3.50. The Morgan fingerprint density at radius 1 is 1.29 bits per heavy atom. The van der Waals surface area contributed by atoms with Gasteiger partial charge in [-0.15, -0.1) is 11.8 Å². The average Bonchev–Trinajstić information content (AvgIpc) is 3.16. The van der Waals surface area contributed by atoms with Gasteiger partial charge in [0.05, 0.1) is 23.6 Å². The molecule has 3 amide bonds. The first-order valence-electron chi connectivity index (χ1n) is 9.69. The lowest BCUT2D eigenvalue weighted by Gasteiger charge is -2.37. The summed E-state index contributed by atoms with van der Waals surface area (Å²) in [5.74, 6) is -0.153. The van der Waals surface area contributed by atoms with Gasteiger partial charge in [-0.05, 0) is 25.0 Å². The quantitative estimate of drug-likeness (QED) is 0.594. The number of pyridine rings is 1. The van der Waals surface area contributed by atoms with E-state index in [0.717, 1.165) is 0 Å². The normalized spacial score (nSPS) is 19.2. The summed E-state index contributed by atoms with van der Waals surface area (Å²) in [5, 5.41) is 3.12. The third-order valence-corrected chi connectivity index (χ3v) is 6.19. The number of halogens is 1. The van der Waals surface area contributed by atoms with Crippen LogP contribution >= 0.6 is 23.4 Å². The van der Waals surface area contributed by atoms with Crippen LogP contribution < -0.4 is 5.32 Å². The predicted molar refractivity (Wildman–Crippen MR) is 114 cm³/mol. The molecule has 1 aromatic heterocycles. The van der Waals surface area contributed by atoms with Gasteiger partial charge in [0, 0.05) is 25.3 Å². The molecule has 0 radical (unpaired) electrons. The molecule has 2 aliphatic heterocycles. The minimum atomic E-state index is -0.742. The molecule has 2 saturated heterocycles. The van der Waals surface area contributed by atoms with Gasteiger partial charge in [-0.25, -0.2) is 14.6 Å². The number of thioether (sulfide) groups is 1. The minimum absolute atomic E-state index is 0.0190. The second kappa shape index (κ2) is 10.7. The van der Waals surface area contributed by atoms with Crippen LogP contribution in [0.2, 0.25) is 5.02 Å². The van der Waals surface area contributed by atoms with E-state index in [-0.39, 0.29) is 36.0 Å². The predicted octanol–water partition coefficient (Wildman–Crippen LogP) is 1.39. The van der Waals surface area contributed by atoms with Gasteiger partial charge in [-0.3, -0.25) is 14.5 Å². The fourth-order valence-corrected chi connectivity index (χ4v) is 4.33. The van der Waals surface area contributed by atoms with Gasteiger partial charge in [0.25, 0.3) is 0 Å². The molecule has 31 heavy (non-hydrogen) atoms. The Balaban J connectivity index is 1.40. The molecule has 1 atom stereocenters. The van der Waals surface area contributed by atoms with Crippen molar-refractivity contribution in [1.82, 2.24) is 14.8 Å². The van der Waals surface area contributed by atoms with Crippen LogP contribution in [-0.4, -0.2) is 89.1 Å². The number of carbonyl (C=O) groups excluding carboxylic acids is 4. The van der Waals surface area contributed by atoms with E-state index >= 15 is 0 Å². The first-order chi connectivity index (χ1) is 14.9. The maximum Gasteiger partial charge on any atom is 0.410 e. The average molecular weight is 471 g/mol. The van der Waals surface area contributed by atoms with Crippen molar-refractivity contribution in [1.29, 1.82) is 0 Å². The first-order valence-corrected chi connectivity index (χ1v) is 11.2. The second-order valence-electron chi connectivity index (χ2n) is 7.04. The molecule has 0 unspecified atom stereocenters. The van der Waals surface area contributed by atoms with E-state index in [1.807, 2.05) is 0 Å². The zero-order valence-corrected chi connectivity index (χ0v) is 18.5. The van der Waals surface area contributed by atoms with E-state index in [0.29, 0.717) is 36.8 Å². The van der Waals surface area contributed by atoms with E-state index in [9.17, 15) is 19.2 Å². The van der Waals surface area contributed by atoms with Crippen molar-refractivity contribution in [3.63, 3.8) is 0 Å². The van der Waals surface area contributed by atoms with Crippen LogP contribution in [0, 0.1) is 0 Å². The number of piperidine rings is 1. The van der Waals surface area contributed by atoms with Gasteiger partial charge in [-0.1, -0.05) is 11.6 Å². The van der Waals surface area contributed by atoms with Crippen molar-refractivity contribution in [3.8, 4) is 0 Å². The first kappa shape index (κ1) is 23.1. The largest absolute Gasteiger partial charge is 0.467 e. The van der Waals surface area contributed by atoms with Crippen molar-refractivity contribution < 1.29 is 28.7 Å². The van der Waals surface area contributed by atoms with Crippen LogP contribution in [0.4, 0.5) is 10.6 Å². The Morgan fingerprint density at radius 2 is 2.03 bits per heavy atom. The number of carbonyl (C=O) groups is 4. The van der Waals surface area contributed by atoms with Crippen LogP contribution in [0.1, 0.15) is 12.8 Å². The van der Waals surface area contributed by atoms with E-state index in [2.05, 4.69) is 10.3 Å². The van der Waals surface area contributed by atoms with E-state index in [1.165, 1.54) is 30.0 Å². The van der Waals surface area contributed by atoms with E-state index in [1.54, 1.807) is 17.0 Å². The zero-order valence-electron chi connectivity index (χ0n) is 16.9. The molecule has 1 aromatic rings. The van der Waals surface area contributed by atoms with Crippen molar-refractivity contribution in [3.05, 3.63) is 23.4 Å². The number of aromatic nitrogens is 1. The van der Waals surface area contributed by atoms with Gasteiger partial charge in [0.15, 0.2) is 6.04 Å². The highest BCUT2D eigenvalue weighted by molar-refractivity contribution is 8.00. The van der Waals surface area contributed by atoms with Crippen LogP contribution in [-0.2, 0) is 23.9 Å². The molecule has 0 spiro atoms. The summed E-state index contributed by atoms with van der Waals surface area (Å²) < 4.78 is 9.75. The summed E-state index contributed by atoms with van der Waals surface area (Å²) in [4.78, 5) is 55.5. The van der Waals surface area contributed by atoms with Gasteiger partial charge in [0.1, 0.15) is 12.4 Å². The van der Waals surface area contributed by atoms with Crippen LogP contribution in [0.5, 0.6) is 0 Å². The lowest BCUT2D eigenvalue weighted by Crippen LogP contribution is -2.52. The maximum atomic E-state index is 12.5. The molecule has 3 rings (SSSR count). The van der Waals surface area contributed by atoms with Crippen LogP contribution in [0.25, 0.3) is 0 Å². The van der Waals surface area contributed by atoms with Crippen molar-refractivity contribution in [2.45, 2.75) is 24.9 Å². The van der Waals surface area contributed by atoms with Crippen LogP contribution in [0.3, 0.4) is 0 Å².